The van der Waals surface area contributed by atoms with E-state index in [2.05, 4.69) is 4.98 Å². The van der Waals surface area contributed by atoms with E-state index >= 15 is 0 Å². The average Bonchev–Trinajstić information content (AvgIpc) is 2.63. The van der Waals surface area contributed by atoms with E-state index in [1.165, 1.54) is 0 Å². The van der Waals surface area contributed by atoms with E-state index < -0.39 is 6.10 Å². The Labute approximate surface area is 93.1 Å². The molecule has 4 nitrogen and oxygen atoms in total. The van der Waals surface area contributed by atoms with Gasteiger partial charge in [-0.2, -0.15) is 0 Å². The summed E-state index contributed by atoms with van der Waals surface area (Å²) in [6.07, 6.45) is -1.13. The number of aryl methyl sites for hydroxylation is 1. The van der Waals surface area contributed by atoms with E-state index in [1.54, 1.807) is 0 Å². The maximum Gasteiger partial charge on any atom is 0.194 e. The highest BCUT2D eigenvalue weighted by molar-refractivity contribution is 6.11. The zero-order valence-corrected chi connectivity index (χ0v) is 9.03. The molecule has 2 aromatic rings. The molecule has 1 aromatic heterocycles. The smallest absolute Gasteiger partial charge is 0.194 e. The number of aromatic amines is 1. The van der Waals surface area contributed by atoms with E-state index in [1.807, 2.05) is 31.2 Å². The molecule has 0 radical (unpaired) electrons. The van der Waals surface area contributed by atoms with Gasteiger partial charge in [-0.3, -0.25) is 4.79 Å². The second kappa shape index (κ2) is 4.08. The summed E-state index contributed by atoms with van der Waals surface area (Å²) >= 11 is 0. The van der Waals surface area contributed by atoms with Gasteiger partial charge in [0.25, 0.3) is 0 Å². The van der Waals surface area contributed by atoms with Gasteiger partial charge in [0, 0.05) is 28.7 Å². The van der Waals surface area contributed by atoms with Crippen LogP contribution in [0.4, 0.5) is 0 Å². The molecule has 0 aliphatic carbocycles. The Balaban J connectivity index is 2.59. The molecule has 0 bridgehead atoms. The number of nitrogens with two attached hydrogens (primary N) is 1. The minimum Gasteiger partial charge on any atom is -0.384 e. The van der Waals surface area contributed by atoms with Crippen LogP contribution in [0.25, 0.3) is 10.9 Å². The molecule has 1 atom stereocenters. The molecule has 1 unspecified atom stereocenters. The molecular formula is C12H14N2O2. The van der Waals surface area contributed by atoms with Crippen molar-refractivity contribution in [2.24, 2.45) is 5.73 Å². The van der Waals surface area contributed by atoms with Crippen LogP contribution in [0.2, 0.25) is 0 Å². The van der Waals surface area contributed by atoms with Crippen molar-refractivity contribution in [1.82, 2.24) is 4.98 Å². The van der Waals surface area contributed by atoms with Crippen molar-refractivity contribution in [2.45, 2.75) is 13.0 Å². The van der Waals surface area contributed by atoms with Gasteiger partial charge < -0.3 is 15.8 Å². The van der Waals surface area contributed by atoms with Gasteiger partial charge in [-0.1, -0.05) is 18.2 Å². The van der Waals surface area contributed by atoms with Gasteiger partial charge in [-0.05, 0) is 13.0 Å². The van der Waals surface area contributed by atoms with Crippen molar-refractivity contribution in [1.29, 1.82) is 0 Å². The SMILES string of the molecule is Cc1[nH]c2ccccc2c1C(=O)C(O)CN. The van der Waals surface area contributed by atoms with Crippen LogP contribution in [-0.2, 0) is 0 Å². The summed E-state index contributed by atoms with van der Waals surface area (Å²) in [4.78, 5) is 15.0. The second-order valence-corrected chi connectivity index (χ2v) is 3.79. The predicted octanol–water partition coefficient (Wildman–Crippen LogP) is 0.979. The average molecular weight is 218 g/mol. The van der Waals surface area contributed by atoms with Crippen LogP contribution in [0.15, 0.2) is 24.3 Å². The zero-order chi connectivity index (χ0) is 11.7. The van der Waals surface area contributed by atoms with E-state index in [-0.39, 0.29) is 12.3 Å². The number of nitrogens with one attached hydrogen (secondary N) is 1. The Hall–Kier alpha value is -1.65. The Morgan fingerprint density at radius 2 is 2.19 bits per heavy atom. The summed E-state index contributed by atoms with van der Waals surface area (Å²) in [5, 5.41) is 10.3. The number of fused-ring (bicyclic) bond motifs is 1. The maximum atomic E-state index is 11.9. The topological polar surface area (TPSA) is 79.1 Å². The van der Waals surface area contributed by atoms with Gasteiger partial charge in [-0.15, -0.1) is 0 Å². The van der Waals surface area contributed by atoms with Crippen LogP contribution < -0.4 is 5.73 Å². The van der Waals surface area contributed by atoms with Gasteiger partial charge >= 0.3 is 0 Å². The molecule has 0 amide bonds. The van der Waals surface area contributed by atoms with Crippen LogP contribution in [0.1, 0.15) is 16.1 Å². The highest BCUT2D eigenvalue weighted by atomic mass is 16.3. The fourth-order valence-electron chi connectivity index (χ4n) is 1.87. The Bertz CT molecular complexity index is 531. The molecule has 0 aliphatic rings. The fraction of sp³-hybridized carbons (Fsp3) is 0.250. The lowest BCUT2D eigenvalue weighted by Crippen LogP contribution is -2.29. The van der Waals surface area contributed by atoms with E-state index in [9.17, 15) is 9.90 Å². The minimum absolute atomic E-state index is 0.0578. The molecule has 4 N–H and O–H groups in total. The van der Waals surface area contributed by atoms with E-state index in [0.717, 1.165) is 16.6 Å². The third-order valence-electron chi connectivity index (χ3n) is 2.67. The number of hydrogen-bond donors (Lipinski definition) is 3. The van der Waals surface area contributed by atoms with Crippen LogP contribution in [-0.4, -0.2) is 28.5 Å². The monoisotopic (exact) mass is 218 g/mol. The number of aliphatic hydroxyl groups excluding tert-OH is 1. The highest BCUT2D eigenvalue weighted by Gasteiger charge is 2.21. The number of rotatable bonds is 3. The summed E-state index contributed by atoms with van der Waals surface area (Å²) in [5.41, 5.74) is 7.49. The van der Waals surface area contributed by atoms with Gasteiger partial charge in [0.2, 0.25) is 0 Å². The molecule has 84 valence electrons. The van der Waals surface area contributed by atoms with Crippen LogP contribution in [0.5, 0.6) is 0 Å². The van der Waals surface area contributed by atoms with E-state index in [0.29, 0.717) is 5.56 Å². The van der Waals surface area contributed by atoms with Gasteiger partial charge in [-0.25, -0.2) is 0 Å². The Kier molecular flexibility index (Phi) is 2.77. The largest absolute Gasteiger partial charge is 0.384 e. The lowest BCUT2D eigenvalue weighted by atomic mass is 10.0. The summed E-state index contributed by atoms with van der Waals surface area (Å²) in [6, 6.07) is 7.51. The third-order valence-corrected chi connectivity index (χ3v) is 2.67. The molecule has 0 spiro atoms. The molecule has 1 heterocycles. The van der Waals surface area contributed by atoms with Crippen LogP contribution in [0.3, 0.4) is 0 Å². The third kappa shape index (κ3) is 1.62. The minimum atomic E-state index is -1.13. The number of aliphatic hydroxyl groups is 1. The normalized spacial score (nSPS) is 12.9. The molecular weight excluding hydrogens is 204 g/mol. The second-order valence-electron chi connectivity index (χ2n) is 3.79. The molecule has 16 heavy (non-hydrogen) atoms. The van der Waals surface area contributed by atoms with Gasteiger partial charge in [0.05, 0.1) is 0 Å². The van der Waals surface area contributed by atoms with Crippen molar-refractivity contribution in [2.75, 3.05) is 6.54 Å². The molecule has 0 aliphatic heterocycles. The first kappa shape index (κ1) is 10.9. The van der Waals surface area contributed by atoms with Crippen molar-refractivity contribution >= 4 is 16.7 Å². The van der Waals surface area contributed by atoms with Crippen molar-refractivity contribution in [3.8, 4) is 0 Å². The van der Waals surface area contributed by atoms with Gasteiger partial charge in [0.1, 0.15) is 6.10 Å². The molecule has 2 rings (SSSR count). The van der Waals surface area contributed by atoms with Crippen molar-refractivity contribution < 1.29 is 9.90 Å². The number of H-pyrrole nitrogens is 1. The van der Waals surface area contributed by atoms with Crippen molar-refractivity contribution in [3.63, 3.8) is 0 Å². The quantitative estimate of drug-likeness (QED) is 0.672. The van der Waals surface area contributed by atoms with Gasteiger partial charge in [0.15, 0.2) is 5.78 Å². The highest BCUT2D eigenvalue weighted by Crippen LogP contribution is 2.22. The number of aromatic nitrogens is 1. The Morgan fingerprint density at radius 1 is 1.50 bits per heavy atom. The first-order valence-electron chi connectivity index (χ1n) is 5.14. The molecule has 0 saturated carbocycles. The number of benzene rings is 1. The summed E-state index contributed by atoms with van der Waals surface area (Å²) in [5.74, 6) is -0.322. The maximum absolute atomic E-state index is 11.9. The molecule has 4 heteroatoms. The lowest BCUT2D eigenvalue weighted by Gasteiger charge is -2.06. The number of carbonyl (C=O) groups is 1. The number of carbonyl (C=O) groups excluding carboxylic acids is 1. The summed E-state index contributed by atoms with van der Waals surface area (Å²) < 4.78 is 0. The lowest BCUT2D eigenvalue weighted by molar-refractivity contribution is 0.0764. The first-order valence-corrected chi connectivity index (χ1v) is 5.14. The standard InChI is InChI=1S/C12H14N2O2/c1-7-11(12(16)10(15)6-13)8-4-2-3-5-9(8)14-7/h2-5,10,14-15H,6,13H2,1H3. The first-order chi connectivity index (χ1) is 7.65. The van der Waals surface area contributed by atoms with Crippen molar-refractivity contribution in [3.05, 3.63) is 35.5 Å². The van der Waals surface area contributed by atoms with Crippen LogP contribution >= 0.6 is 0 Å². The number of para-hydroxylation sites is 1. The summed E-state index contributed by atoms with van der Waals surface area (Å²) in [7, 11) is 0. The molecule has 0 saturated heterocycles. The zero-order valence-electron chi connectivity index (χ0n) is 9.03. The Morgan fingerprint density at radius 3 is 2.88 bits per heavy atom. The van der Waals surface area contributed by atoms with E-state index in [4.69, 9.17) is 5.73 Å². The predicted molar refractivity (Wildman–Crippen MR) is 62.4 cm³/mol. The van der Waals surface area contributed by atoms with Crippen LogP contribution in [0, 0.1) is 6.92 Å². The number of Topliss-reactive ketones (excluding diaryl/α,β-unsaturated/α-hetero) is 1. The molecule has 1 aromatic carbocycles. The fourth-order valence-corrected chi connectivity index (χ4v) is 1.87. The summed E-state index contributed by atoms with van der Waals surface area (Å²) in [6.45, 7) is 1.76. The number of ketones is 1. The molecule has 0 fully saturated rings. The number of hydrogen-bond acceptors (Lipinski definition) is 3.